The largest absolute Gasteiger partial charge is 0.396 e. The van der Waals surface area contributed by atoms with Gasteiger partial charge in [0.1, 0.15) is 0 Å². The van der Waals surface area contributed by atoms with Crippen LogP contribution >= 0.6 is 0 Å². The fraction of sp³-hybridized carbons (Fsp3) is 1.00. The molecule has 20 heavy (non-hydrogen) atoms. The second kappa shape index (κ2) is 8.35. The summed E-state index contributed by atoms with van der Waals surface area (Å²) in [4.78, 5) is 2.78. The highest BCUT2D eigenvalue weighted by Crippen LogP contribution is 2.30. The van der Waals surface area contributed by atoms with E-state index >= 15 is 0 Å². The van der Waals surface area contributed by atoms with Gasteiger partial charge in [-0.05, 0) is 44.1 Å². The number of piperidine rings is 1. The number of aliphatic hydroxyl groups is 1. The van der Waals surface area contributed by atoms with Crippen molar-refractivity contribution in [1.82, 2.24) is 10.2 Å². The Bertz CT molecular complexity index is 264. The summed E-state index contributed by atoms with van der Waals surface area (Å²) in [6.45, 7) is 8.55. The molecule has 0 spiro atoms. The molecule has 0 amide bonds. The molecule has 0 aromatic carbocycles. The molecule has 2 rings (SSSR count). The van der Waals surface area contributed by atoms with E-state index in [9.17, 15) is 0 Å². The van der Waals surface area contributed by atoms with Crippen molar-refractivity contribution in [3.05, 3.63) is 0 Å². The molecule has 118 valence electrons. The summed E-state index contributed by atoms with van der Waals surface area (Å²) in [5, 5.41) is 12.6. The highest BCUT2D eigenvalue weighted by molar-refractivity contribution is 4.89. The van der Waals surface area contributed by atoms with E-state index in [0.717, 1.165) is 30.8 Å². The maximum Gasteiger partial charge on any atom is 0.0443 e. The molecular formula is C17H34N2O. The minimum absolute atomic E-state index is 0.305. The maximum atomic E-state index is 8.94. The van der Waals surface area contributed by atoms with Gasteiger partial charge in [-0.25, -0.2) is 0 Å². The zero-order chi connectivity index (χ0) is 14.4. The van der Waals surface area contributed by atoms with E-state index in [1.807, 2.05) is 0 Å². The van der Waals surface area contributed by atoms with E-state index in [1.54, 1.807) is 0 Å². The third-order valence-corrected chi connectivity index (χ3v) is 5.31. The Morgan fingerprint density at radius 3 is 2.55 bits per heavy atom. The lowest BCUT2D eigenvalue weighted by Gasteiger charge is -2.44. The summed E-state index contributed by atoms with van der Waals surface area (Å²) in [7, 11) is 0. The summed E-state index contributed by atoms with van der Waals surface area (Å²) < 4.78 is 0. The van der Waals surface area contributed by atoms with Crippen LogP contribution in [-0.2, 0) is 0 Å². The molecule has 1 aliphatic heterocycles. The number of likely N-dealkylation sites (tertiary alicyclic amines) is 1. The molecule has 0 aromatic heterocycles. The van der Waals surface area contributed by atoms with Crippen molar-refractivity contribution in [3.8, 4) is 0 Å². The van der Waals surface area contributed by atoms with Crippen LogP contribution < -0.4 is 5.32 Å². The van der Waals surface area contributed by atoms with Gasteiger partial charge in [0.05, 0.1) is 0 Å². The molecule has 2 N–H and O–H groups in total. The summed E-state index contributed by atoms with van der Waals surface area (Å²) in [5.41, 5.74) is 0. The van der Waals surface area contributed by atoms with Crippen LogP contribution in [0.1, 0.15) is 58.8 Å². The van der Waals surface area contributed by atoms with Gasteiger partial charge in [0.25, 0.3) is 0 Å². The molecule has 0 aromatic rings. The van der Waals surface area contributed by atoms with Crippen LogP contribution in [0.3, 0.4) is 0 Å². The lowest BCUT2D eigenvalue weighted by Crippen LogP contribution is -2.54. The Hall–Kier alpha value is -0.120. The maximum absolute atomic E-state index is 8.94. The van der Waals surface area contributed by atoms with Crippen molar-refractivity contribution in [1.29, 1.82) is 0 Å². The number of hydrogen-bond acceptors (Lipinski definition) is 3. The van der Waals surface area contributed by atoms with Crippen LogP contribution in [0.2, 0.25) is 0 Å². The molecule has 1 saturated heterocycles. The number of nitrogens with one attached hydrogen (secondary N) is 1. The third-order valence-electron chi connectivity index (χ3n) is 5.31. The fourth-order valence-electron chi connectivity index (χ4n) is 3.93. The SMILES string of the molecule is CC(C)C1CC(NCCCO)CN(C2CCCCC2)C1. The van der Waals surface area contributed by atoms with Gasteiger partial charge in [0.2, 0.25) is 0 Å². The standard InChI is InChI=1S/C17H34N2O/c1-14(2)15-11-16(18-9-6-10-20)13-19(12-15)17-7-4-3-5-8-17/h14-18,20H,3-13H2,1-2H3. The van der Waals surface area contributed by atoms with Gasteiger partial charge in [0.15, 0.2) is 0 Å². The van der Waals surface area contributed by atoms with Crippen LogP contribution in [0.25, 0.3) is 0 Å². The first-order valence-electron chi connectivity index (χ1n) is 8.79. The van der Waals surface area contributed by atoms with Crippen molar-refractivity contribution in [2.24, 2.45) is 11.8 Å². The fourth-order valence-corrected chi connectivity index (χ4v) is 3.93. The van der Waals surface area contributed by atoms with Crippen molar-refractivity contribution in [2.75, 3.05) is 26.2 Å². The monoisotopic (exact) mass is 282 g/mol. The molecule has 0 bridgehead atoms. The first-order valence-corrected chi connectivity index (χ1v) is 8.79. The average Bonchev–Trinajstić information content (AvgIpc) is 2.48. The predicted octanol–water partition coefficient (Wildman–Crippen LogP) is 2.64. The van der Waals surface area contributed by atoms with Crippen molar-refractivity contribution >= 4 is 0 Å². The zero-order valence-electron chi connectivity index (χ0n) is 13.5. The number of aliphatic hydroxyl groups excluding tert-OH is 1. The Kier molecular flexibility index (Phi) is 6.79. The third kappa shape index (κ3) is 4.71. The van der Waals surface area contributed by atoms with Gasteiger partial charge < -0.3 is 10.4 Å². The van der Waals surface area contributed by atoms with Gasteiger partial charge in [-0.15, -0.1) is 0 Å². The second-order valence-electron chi connectivity index (χ2n) is 7.21. The van der Waals surface area contributed by atoms with Crippen molar-refractivity contribution in [3.63, 3.8) is 0 Å². The molecule has 1 aliphatic carbocycles. The summed E-state index contributed by atoms with van der Waals surface area (Å²) in [6, 6.07) is 1.47. The Morgan fingerprint density at radius 1 is 1.15 bits per heavy atom. The van der Waals surface area contributed by atoms with E-state index in [2.05, 4.69) is 24.1 Å². The zero-order valence-corrected chi connectivity index (χ0v) is 13.5. The highest BCUT2D eigenvalue weighted by atomic mass is 16.3. The highest BCUT2D eigenvalue weighted by Gasteiger charge is 2.32. The topological polar surface area (TPSA) is 35.5 Å². The summed E-state index contributed by atoms with van der Waals surface area (Å²) >= 11 is 0. The van der Waals surface area contributed by atoms with Gasteiger partial charge in [-0.1, -0.05) is 33.1 Å². The normalized spacial score (nSPS) is 30.0. The average molecular weight is 282 g/mol. The molecule has 2 fully saturated rings. The summed E-state index contributed by atoms with van der Waals surface area (Å²) in [5.74, 6) is 1.61. The molecule has 0 radical (unpaired) electrons. The van der Waals surface area contributed by atoms with Crippen LogP contribution in [0.4, 0.5) is 0 Å². The lowest BCUT2D eigenvalue weighted by atomic mass is 9.83. The quantitative estimate of drug-likeness (QED) is 0.735. The molecule has 1 saturated carbocycles. The van der Waals surface area contributed by atoms with Gasteiger partial charge in [-0.2, -0.15) is 0 Å². The number of hydrogen-bond donors (Lipinski definition) is 2. The first kappa shape index (κ1) is 16.3. The molecule has 2 atom stereocenters. The molecule has 3 heteroatoms. The van der Waals surface area contributed by atoms with Crippen molar-refractivity contribution in [2.45, 2.75) is 70.9 Å². The summed E-state index contributed by atoms with van der Waals surface area (Å²) in [6.07, 6.45) is 9.31. The van der Waals surface area contributed by atoms with Crippen LogP contribution in [0.5, 0.6) is 0 Å². The van der Waals surface area contributed by atoms with Gasteiger partial charge in [0, 0.05) is 31.8 Å². The van der Waals surface area contributed by atoms with E-state index in [4.69, 9.17) is 5.11 Å². The van der Waals surface area contributed by atoms with Gasteiger partial charge >= 0.3 is 0 Å². The second-order valence-corrected chi connectivity index (χ2v) is 7.21. The molecule has 3 nitrogen and oxygen atoms in total. The smallest absolute Gasteiger partial charge is 0.0443 e. The minimum atomic E-state index is 0.305. The van der Waals surface area contributed by atoms with Crippen LogP contribution in [0.15, 0.2) is 0 Å². The first-order chi connectivity index (χ1) is 9.70. The van der Waals surface area contributed by atoms with E-state index in [-0.39, 0.29) is 0 Å². The van der Waals surface area contributed by atoms with E-state index in [1.165, 1.54) is 51.6 Å². The number of nitrogens with zero attached hydrogens (tertiary/aromatic N) is 1. The van der Waals surface area contributed by atoms with Crippen LogP contribution in [-0.4, -0.2) is 48.3 Å². The van der Waals surface area contributed by atoms with Crippen molar-refractivity contribution < 1.29 is 5.11 Å². The Balaban J connectivity index is 1.89. The molecule has 2 aliphatic rings. The molecule has 2 unspecified atom stereocenters. The Morgan fingerprint density at radius 2 is 1.90 bits per heavy atom. The van der Waals surface area contributed by atoms with E-state index in [0.29, 0.717) is 12.6 Å². The number of rotatable bonds is 6. The minimum Gasteiger partial charge on any atom is -0.396 e. The van der Waals surface area contributed by atoms with Crippen LogP contribution in [0, 0.1) is 11.8 Å². The van der Waals surface area contributed by atoms with Gasteiger partial charge in [-0.3, -0.25) is 4.90 Å². The lowest BCUT2D eigenvalue weighted by molar-refractivity contribution is 0.0615. The molecular weight excluding hydrogens is 248 g/mol. The molecule has 1 heterocycles. The predicted molar refractivity (Wildman–Crippen MR) is 84.9 cm³/mol. The Labute approximate surface area is 125 Å². The van der Waals surface area contributed by atoms with E-state index < -0.39 is 0 Å².